The summed E-state index contributed by atoms with van der Waals surface area (Å²) in [6.07, 6.45) is 2.19. The summed E-state index contributed by atoms with van der Waals surface area (Å²) in [4.78, 5) is 25.3. The molecule has 232 valence electrons. The second-order valence-corrected chi connectivity index (χ2v) is 8.43. The van der Waals surface area contributed by atoms with Crippen molar-refractivity contribution in [3.8, 4) is 0 Å². The molecule has 0 atom stereocenters. The van der Waals surface area contributed by atoms with Gasteiger partial charge in [-0.25, -0.2) is 0 Å². The summed E-state index contributed by atoms with van der Waals surface area (Å²) >= 11 is 0. The average molecular weight is 770 g/mol. The van der Waals surface area contributed by atoms with E-state index in [1.165, 1.54) is 13.8 Å². The van der Waals surface area contributed by atoms with E-state index >= 15 is 0 Å². The first kappa shape index (κ1) is 46.8. The number of benzene rings is 2. The van der Waals surface area contributed by atoms with Gasteiger partial charge < -0.3 is 30.2 Å². The summed E-state index contributed by atoms with van der Waals surface area (Å²) in [6, 6.07) is 17.4. The van der Waals surface area contributed by atoms with Crippen LogP contribution in [0, 0.1) is 0 Å². The van der Waals surface area contributed by atoms with Crippen molar-refractivity contribution in [1.82, 2.24) is 9.80 Å². The molecule has 2 aromatic carbocycles. The van der Waals surface area contributed by atoms with Gasteiger partial charge in [0.15, 0.2) is 11.6 Å². The monoisotopic (exact) mass is 770 g/mol. The zero-order valence-electron chi connectivity index (χ0n) is 25.8. The number of nitrogens with zero attached hydrogens (tertiary/aromatic N) is 2. The molecule has 2 rings (SSSR count). The third kappa shape index (κ3) is 26.7. The Morgan fingerprint density at radius 1 is 0.619 bits per heavy atom. The first-order valence-electron chi connectivity index (χ1n) is 13.6. The van der Waals surface area contributed by atoms with Gasteiger partial charge in [-0.15, -0.1) is 25.6 Å². The molecule has 0 heterocycles. The normalized spacial score (nSPS) is 10.4. The third-order valence-corrected chi connectivity index (χ3v) is 5.39. The molecule has 0 amide bonds. The Morgan fingerprint density at radius 2 is 0.881 bits per heavy atom. The summed E-state index contributed by atoms with van der Waals surface area (Å²) in [5.41, 5.74) is 1.10. The second kappa shape index (κ2) is 31.8. The van der Waals surface area contributed by atoms with Crippen LogP contribution in [0.2, 0.25) is 0 Å². The molecule has 0 fully saturated rings. The van der Waals surface area contributed by atoms with Crippen LogP contribution in [0.15, 0.2) is 72.8 Å². The number of likely N-dealkylation sites (N-methyl/N-ethyl adjacent to an activating group) is 2. The van der Waals surface area contributed by atoms with Gasteiger partial charge >= 0.3 is 25.8 Å². The van der Waals surface area contributed by atoms with Crippen LogP contribution in [-0.4, -0.2) is 73.8 Å². The van der Waals surface area contributed by atoms with Crippen LogP contribution in [0.4, 0.5) is 0 Å². The quantitative estimate of drug-likeness (QED) is 0.181. The molecule has 0 unspecified atom stereocenters. The fourth-order valence-electron chi connectivity index (χ4n) is 3.08. The molecule has 0 aromatic heterocycles. The molecule has 0 radical (unpaired) electrons. The maximum Gasteiger partial charge on any atom is 4.00 e. The predicted molar refractivity (Wildman–Crippen MR) is 163 cm³/mol. The van der Waals surface area contributed by atoms with E-state index in [0.717, 1.165) is 38.3 Å². The summed E-state index contributed by atoms with van der Waals surface area (Å²) < 4.78 is 0. The summed E-state index contributed by atoms with van der Waals surface area (Å²) in [5, 5.41) is 42.4. The Morgan fingerprint density at radius 3 is 1.05 bits per heavy atom. The van der Waals surface area contributed by atoms with Crippen molar-refractivity contribution in [2.24, 2.45) is 0 Å². The van der Waals surface area contributed by atoms with Crippen LogP contribution < -0.4 is 20.4 Å². The Bertz CT molecular complexity index is 888. The van der Waals surface area contributed by atoms with Crippen molar-refractivity contribution >= 4 is 35.5 Å². The van der Waals surface area contributed by atoms with E-state index in [-0.39, 0.29) is 74.5 Å². The maximum absolute atomic E-state index is 11.2. The molecule has 0 saturated heterocycles. The van der Waals surface area contributed by atoms with Gasteiger partial charge in [-0.3, -0.25) is 9.59 Å². The number of allylic oxidation sites excluding steroid dienone is 2. The molecule has 0 aliphatic rings. The first-order valence-corrected chi connectivity index (χ1v) is 13.6. The van der Waals surface area contributed by atoms with Gasteiger partial charge in [0.2, 0.25) is 0 Å². The van der Waals surface area contributed by atoms with Crippen LogP contribution in [0.3, 0.4) is 0 Å². The molecular weight excluding hydrogens is 722 g/mol. The molecule has 0 N–H and O–H groups in total. The van der Waals surface area contributed by atoms with Crippen LogP contribution in [-0.2, 0) is 35.4 Å². The first-order chi connectivity index (χ1) is 19.1. The predicted octanol–water partition coefficient (Wildman–Crippen LogP) is 1.75. The largest absolute Gasteiger partial charge is 4.00 e. The van der Waals surface area contributed by atoms with Crippen LogP contribution >= 0.6 is 12.4 Å². The maximum atomic E-state index is 11.2. The van der Waals surface area contributed by atoms with Gasteiger partial charge in [-0.05, 0) is 76.4 Å². The minimum atomic E-state index is -0.233. The van der Waals surface area contributed by atoms with Gasteiger partial charge in [-0.1, -0.05) is 99.9 Å². The van der Waals surface area contributed by atoms with Gasteiger partial charge in [0, 0.05) is 0 Å². The van der Waals surface area contributed by atoms with Gasteiger partial charge in [0.25, 0.3) is 0 Å². The zero-order chi connectivity index (χ0) is 30.8. The standard InChI is InChI=1S/2C10H10O2.2C6H14NO.ClH.Hf/c2*1-8(11)7-10(12)9-5-3-2-4-6-9;2*1-3-7(4-2)5-6-8;;/h2*2-7,12H,1H3;2*3-6H2,1-2H3;1H;/q;;2*-1;;+4/p-2/b2*10-7-;;;;. The zero-order valence-corrected chi connectivity index (χ0v) is 30.2. The molecule has 0 aliphatic heterocycles. The topological polar surface area (TPSA) is 133 Å². The summed E-state index contributed by atoms with van der Waals surface area (Å²) in [6.45, 7) is 16.5. The molecule has 8 nitrogen and oxygen atoms in total. The van der Waals surface area contributed by atoms with Crippen LogP contribution in [0.5, 0.6) is 0 Å². The molecule has 10 heteroatoms. The Hall–Kier alpha value is -2.14. The van der Waals surface area contributed by atoms with E-state index in [0.29, 0.717) is 24.2 Å². The van der Waals surface area contributed by atoms with Gasteiger partial charge in [0.1, 0.15) is 0 Å². The number of hydrogen-bond donors (Lipinski definition) is 0. The minimum Gasteiger partial charge on any atom is -0.872 e. The molecule has 2 aromatic rings. The number of carbonyl (C=O) groups excluding carboxylic acids is 2. The van der Waals surface area contributed by atoms with Crippen molar-refractivity contribution in [3.05, 3.63) is 83.9 Å². The van der Waals surface area contributed by atoms with E-state index in [9.17, 15) is 30.0 Å². The van der Waals surface area contributed by atoms with Crippen molar-refractivity contribution in [3.63, 3.8) is 0 Å². The van der Waals surface area contributed by atoms with E-state index in [4.69, 9.17) is 0 Å². The fraction of sp³-hybridized carbons (Fsp3) is 0.438. The van der Waals surface area contributed by atoms with E-state index in [2.05, 4.69) is 37.5 Å². The minimum absolute atomic E-state index is 0. The van der Waals surface area contributed by atoms with Gasteiger partial charge in [-0.2, -0.15) is 0 Å². The smallest absolute Gasteiger partial charge is 0.872 e. The van der Waals surface area contributed by atoms with Crippen LogP contribution in [0.1, 0.15) is 52.7 Å². The SMILES string of the molecule is CC(=O)/C=C(\[O-])c1ccccc1.CC(=O)/C=C(\[O-])c1ccccc1.CCN(CC)CC[O-].CCN(CC)CC[O-].Cl.[Hf+4]. The van der Waals surface area contributed by atoms with E-state index < -0.39 is 0 Å². The molecule has 0 aliphatic carbocycles. The number of hydrogen-bond acceptors (Lipinski definition) is 8. The van der Waals surface area contributed by atoms with E-state index in [1.807, 2.05) is 12.1 Å². The molecule has 42 heavy (non-hydrogen) atoms. The molecule has 0 bridgehead atoms. The molecule has 0 spiro atoms. The Labute approximate surface area is 278 Å². The van der Waals surface area contributed by atoms with Crippen molar-refractivity contribution in [2.75, 3.05) is 52.5 Å². The molecular formula is C32H47ClHfN2O6. The van der Waals surface area contributed by atoms with Crippen molar-refractivity contribution in [2.45, 2.75) is 41.5 Å². The number of ketones is 2. The summed E-state index contributed by atoms with van der Waals surface area (Å²) in [7, 11) is 0. The fourth-order valence-corrected chi connectivity index (χ4v) is 3.08. The number of rotatable bonds is 12. The van der Waals surface area contributed by atoms with Crippen molar-refractivity contribution in [1.29, 1.82) is 0 Å². The molecule has 0 saturated carbocycles. The van der Waals surface area contributed by atoms with Crippen LogP contribution in [0.25, 0.3) is 11.5 Å². The average Bonchev–Trinajstić information content (AvgIpc) is 2.96. The third-order valence-electron chi connectivity index (χ3n) is 5.39. The Balaban J connectivity index is -0.000000230. The van der Waals surface area contributed by atoms with Gasteiger partial charge in [0.05, 0.1) is 0 Å². The number of halogens is 1. The Kier molecular flexibility index (Phi) is 35.4. The van der Waals surface area contributed by atoms with Crippen molar-refractivity contribution < 1.29 is 55.9 Å². The number of carbonyl (C=O) groups is 2. The summed E-state index contributed by atoms with van der Waals surface area (Å²) in [5.74, 6) is -0.904. The second-order valence-electron chi connectivity index (χ2n) is 8.43. The van der Waals surface area contributed by atoms with E-state index in [1.54, 1.807) is 48.5 Å².